The Bertz CT molecular complexity index is 1370. The van der Waals surface area contributed by atoms with Crippen LogP contribution in [0.4, 0.5) is 0 Å². The van der Waals surface area contributed by atoms with Crippen LogP contribution >= 0.6 is 24.0 Å². The predicted octanol–water partition coefficient (Wildman–Crippen LogP) is 6.57. The van der Waals surface area contributed by atoms with Crippen molar-refractivity contribution in [1.29, 1.82) is 0 Å². The molecule has 1 aromatic carbocycles. The third-order valence-corrected chi connectivity index (χ3v) is 7.43. The molecule has 3 aromatic rings. The largest absolute Gasteiger partial charge is 0.438 e. The normalized spacial score (nSPS) is 15.3. The third kappa shape index (κ3) is 5.71. The van der Waals surface area contributed by atoms with E-state index in [2.05, 4.69) is 32.7 Å². The Morgan fingerprint density at radius 1 is 1.06 bits per heavy atom. The highest BCUT2D eigenvalue weighted by Crippen LogP contribution is 2.34. The second-order valence-electron chi connectivity index (χ2n) is 9.84. The number of aromatic nitrogens is 2. The van der Waals surface area contributed by atoms with Crippen LogP contribution in [0.3, 0.4) is 0 Å². The van der Waals surface area contributed by atoms with Crippen molar-refractivity contribution in [1.82, 2.24) is 14.3 Å². The molecular formula is C28H31N3O3S2. The van der Waals surface area contributed by atoms with Gasteiger partial charge in [0.15, 0.2) is 0 Å². The summed E-state index contributed by atoms with van der Waals surface area (Å²) in [5.41, 5.74) is 1.54. The first-order chi connectivity index (χ1) is 17.2. The maximum Gasteiger partial charge on any atom is 0.269 e. The Hall–Kier alpha value is -2.97. The first kappa shape index (κ1) is 26.1. The Kier molecular flexibility index (Phi) is 7.95. The van der Waals surface area contributed by atoms with Crippen LogP contribution in [0.25, 0.3) is 11.7 Å². The zero-order chi connectivity index (χ0) is 25.9. The summed E-state index contributed by atoms with van der Waals surface area (Å²) in [6.45, 7) is 9.17. The van der Waals surface area contributed by atoms with Gasteiger partial charge in [-0.2, -0.15) is 4.98 Å². The van der Waals surface area contributed by atoms with Crippen molar-refractivity contribution in [3.63, 3.8) is 0 Å². The van der Waals surface area contributed by atoms with Crippen LogP contribution in [0.5, 0.6) is 11.6 Å². The molecule has 8 heteroatoms. The maximum absolute atomic E-state index is 13.5. The fourth-order valence-corrected chi connectivity index (χ4v) is 5.23. The highest BCUT2D eigenvalue weighted by Gasteiger charge is 2.32. The molecule has 1 saturated heterocycles. The molecule has 2 aromatic heterocycles. The lowest BCUT2D eigenvalue weighted by atomic mass is 9.87. The van der Waals surface area contributed by atoms with E-state index in [0.29, 0.717) is 27.2 Å². The number of unbranched alkanes of at least 4 members (excludes halogenated alkanes) is 3. The van der Waals surface area contributed by atoms with Gasteiger partial charge in [0.1, 0.15) is 21.3 Å². The number of amides is 1. The van der Waals surface area contributed by atoms with E-state index >= 15 is 0 Å². The molecule has 0 atom stereocenters. The number of carbonyl (C=O) groups is 1. The van der Waals surface area contributed by atoms with Gasteiger partial charge in [0.05, 0.1) is 4.91 Å². The van der Waals surface area contributed by atoms with E-state index < -0.39 is 0 Å². The molecule has 0 spiro atoms. The molecule has 4 rings (SSSR count). The summed E-state index contributed by atoms with van der Waals surface area (Å²) >= 11 is 6.69. The zero-order valence-corrected chi connectivity index (χ0v) is 22.7. The fourth-order valence-electron chi connectivity index (χ4n) is 3.94. The highest BCUT2D eigenvalue weighted by atomic mass is 32.2. The van der Waals surface area contributed by atoms with Gasteiger partial charge in [-0.1, -0.05) is 89.1 Å². The van der Waals surface area contributed by atoms with Crippen molar-refractivity contribution in [2.24, 2.45) is 0 Å². The second kappa shape index (κ2) is 11.0. The summed E-state index contributed by atoms with van der Waals surface area (Å²) < 4.78 is 8.08. The number of benzene rings is 1. The number of thioether (sulfide) groups is 1. The van der Waals surface area contributed by atoms with Crippen molar-refractivity contribution in [3.8, 4) is 11.6 Å². The van der Waals surface area contributed by atoms with E-state index in [1.807, 2.05) is 30.3 Å². The summed E-state index contributed by atoms with van der Waals surface area (Å²) in [5.74, 6) is 0.538. The quantitative estimate of drug-likeness (QED) is 0.190. The second-order valence-corrected chi connectivity index (χ2v) is 11.5. The molecule has 1 amide bonds. The molecule has 0 unspecified atom stereocenters. The number of pyridine rings is 1. The van der Waals surface area contributed by atoms with Gasteiger partial charge in [0, 0.05) is 12.7 Å². The zero-order valence-electron chi connectivity index (χ0n) is 21.1. The molecule has 36 heavy (non-hydrogen) atoms. The van der Waals surface area contributed by atoms with Crippen LogP contribution in [-0.4, -0.2) is 31.1 Å². The molecular weight excluding hydrogens is 490 g/mol. The van der Waals surface area contributed by atoms with Gasteiger partial charge in [0.25, 0.3) is 11.5 Å². The van der Waals surface area contributed by atoms with E-state index in [9.17, 15) is 9.59 Å². The van der Waals surface area contributed by atoms with Crippen molar-refractivity contribution >= 4 is 45.9 Å². The van der Waals surface area contributed by atoms with E-state index in [0.717, 1.165) is 25.7 Å². The van der Waals surface area contributed by atoms with Gasteiger partial charge in [-0.25, -0.2) is 0 Å². The van der Waals surface area contributed by atoms with Crippen LogP contribution < -0.4 is 10.3 Å². The molecule has 0 saturated carbocycles. The van der Waals surface area contributed by atoms with Gasteiger partial charge in [-0.05, 0) is 47.7 Å². The maximum atomic E-state index is 13.5. The first-order valence-electron chi connectivity index (χ1n) is 12.2. The van der Waals surface area contributed by atoms with Gasteiger partial charge >= 0.3 is 0 Å². The summed E-state index contributed by atoms with van der Waals surface area (Å²) in [5, 5.41) is 0. The topological polar surface area (TPSA) is 63.9 Å². The average Bonchev–Trinajstić information content (AvgIpc) is 3.11. The molecule has 0 radical (unpaired) electrons. The Morgan fingerprint density at radius 3 is 2.50 bits per heavy atom. The Balaban J connectivity index is 1.70. The predicted molar refractivity (Wildman–Crippen MR) is 151 cm³/mol. The van der Waals surface area contributed by atoms with Gasteiger partial charge in [0.2, 0.25) is 5.88 Å². The smallest absolute Gasteiger partial charge is 0.269 e. The lowest BCUT2D eigenvalue weighted by Gasteiger charge is -2.19. The van der Waals surface area contributed by atoms with Gasteiger partial charge in [-0.15, -0.1) is 0 Å². The van der Waals surface area contributed by atoms with Crippen molar-refractivity contribution < 1.29 is 9.53 Å². The summed E-state index contributed by atoms with van der Waals surface area (Å²) in [4.78, 5) is 33.2. The standard InChI is InChI=1S/C28H31N3O3S2/c1-5-6-7-9-17-31-26(33)22(36-27(31)35)18-21-24(29-23-11-8-10-16-30(23)25(21)32)34-20-14-12-19(13-15-20)28(2,3)4/h8,10-16,18H,5-7,9,17H2,1-4H3/b22-18-. The number of carbonyl (C=O) groups excluding carboxylic acids is 1. The van der Waals surface area contributed by atoms with Crippen molar-refractivity contribution in [2.45, 2.75) is 58.8 Å². The summed E-state index contributed by atoms with van der Waals surface area (Å²) in [7, 11) is 0. The summed E-state index contributed by atoms with van der Waals surface area (Å²) in [6, 6.07) is 13.1. The molecule has 0 aliphatic carbocycles. The van der Waals surface area contributed by atoms with Crippen LogP contribution in [0.1, 0.15) is 64.5 Å². The monoisotopic (exact) mass is 521 g/mol. The van der Waals surface area contributed by atoms with Crippen molar-refractivity contribution in [2.75, 3.05) is 6.54 Å². The molecule has 0 bridgehead atoms. The van der Waals surface area contributed by atoms with E-state index in [1.165, 1.54) is 21.7 Å². The lowest BCUT2D eigenvalue weighted by molar-refractivity contribution is -0.122. The number of thiocarbonyl (C=S) groups is 1. The minimum atomic E-state index is -0.310. The minimum Gasteiger partial charge on any atom is -0.438 e. The van der Waals surface area contributed by atoms with Gasteiger partial charge in [-0.3, -0.25) is 18.9 Å². The summed E-state index contributed by atoms with van der Waals surface area (Å²) in [6.07, 6.45) is 7.42. The van der Waals surface area contributed by atoms with Crippen LogP contribution in [0, 0.1) is 0 Å². The fraction of sp³-hybridized carbons (Fsp3) is 0.357. The number of fused-ring (bicyclic) bond motifs is 1. The first-order valence-corrected chi connectivity index (χ1v) is 13.5. The minimum absolute atomic E-state index is 0.00895. The lowest BCUT2D eigenvalue weighted by Crippen LogP contribution is -2.29. The number of hydrogen-bond donors (Lipinski definition) is 0. The number of rotatable bonds is 8. The molecule has 1 fully saturated rings. The van der Waals surface area contributed by atoms with E-state index in [-0.39, 0.29) is 28.3 Å². The van der Waals surface area contributed by atoms with Crippen LogP contribution in [-0.2, 0) is 10.2 Å². The molecule has 6 nitrogen and oxygen atoms in total. The SMILES string of the molecule is CCCCCCN1C(=O)/C(=C/c2c(Oc3ccc(C(C)(C)C)cc3)nc3ccccn3c2=O)SC1=S. The van der Waals surface area contributed by atoms with Crippen LogP contribution in [0.15, 0.2) is 58.4 Å². The van der Waals surface area contributed by atoms with E-state index in [1.54, 1.807) is 29.3 Å². The molecule has 188 valence electrons. The molecule has 0 N–H and O–H groups in total. The number of ether oxygens (including phenoxy) is 1. The van der Waals surface area contributed by atoms with Gasteiger partial charge < -0.3 is 4.74 Å². The average molecular weight is 522 g/mol. The van der Waals surface area contributed by atoms with Crippen LogP contribution in [0.2, 0.25) is 0 Å². The Morgan fingerprint density at radius 2 is 1.81 bits per heavy atom. The number of hydrogen-bond acceptors (Lipinski definition) is 6. The molecule has 1 aliphatic rings. The van der Waals surface area contributed by atoms with Crippen molar-refractivity contribution in [3.05, 3.63) is 75.0 Å². The Labute approximate surface area is 221 Å². The molecule has 3 heterocycles. The van der Waals surface area contributed by atoms with E-state index in [4.69, 9.17) is 17.0 Å². The third-order valence-electron chi connectivity index (χ3n) is 6.05. The highest BCUT2D eigenvalue weighted by molar-refractivity contribution is 8.26. The number of nitrogens with zero attached hydrogens (tertiary/aromatic N) is 3. The molecule has 1 aliphatic heterocycles.